The number of β-amino-alcohol motifs (C(OH)–C–C–N with tert-alkyl or cyclic N) is 1. The maximum absolute atomic E-state index is 10.6. The van der Waals surface area contributed by atoms with Gasteiger partial charge in [0.05, 0.1) is 12.6 Å². The van der Waals surface area contributed by atoms with Crippen LogP contribution in [-0.4, -0.2) is 52.6 Å². The number of nitrogens with zero attached hydrogens (tertiary/aromatic N) is 1. The summed E-state index contributed by atoms with van der Waals surface area (Å²) >= 11 is 6.12. The molecule has 0 aliphatic carbocycles. The average molecular weight is 420 g/mol. The van der Waals surface area contributed by atoms with Gasteiger partial charge in [-0.3, -0.25) is 4.90 Å². The van der Waals surface area contributed by atoms with Crippen molar-refractivity contribution in [2.75, 3.05) is 19.7 Å². The first kappa shape index (κ1) is 21.6. The second kappa shape index (κ2) is 9.13. The standard InChI is InChI=1S/C22H26ClNO5/c1-15(10-16-6-8-19(9-7-16)28-13-21(25)26)24-12-20(29-22(2,27)14-24)17-4-3-5-18(23)11-17/h3-9,11,15,20,27H,10,12-14H2,1-2H3,(H,25,26). The summed E-state index contributed by atoms with van der Waals surface area (Å²) in [5, 5.41) is 20.0. The number of carboxylic acids is 1. The van der Waals surface area contributed by atoms with Crippen molar-refractivity contribution in [1.29, 1.82) is 0 Å². The van der Waals surface area contributed by atoms with E-state index in [2.05, 4.69) is 11.8 Å². The molecule has 1 aliphatic rings. The molecule has 0 aromatic heterocycles. The Hall–Kier alpha value is -2.12. The van der Waals surface area contributed by atoms with Crippen LogP contribution in [0, 0.1) is 0 Å². The molecular formula is C22H26ClNO5. The molecule has 1 heterocycles. The van der Waals surface area contributed by atoms with Gasteiger partial charge in [-0.05, 0) is 55.7 Å². The summed E-state index contributed by atoms with van der Waals surface area (Å²) in [7, 11) is 0. The molecule has 1 fully saturated rings. The molecule has 0 spiro atoms. The van der Waals surface area contributed by atoms with E-state index in [0.717, 1.165) is 17.5 Å². The molecule has 2 N–H and O–H groups in total. The number of morpholine rings is 1. The number of aliphatic hydroxyl groups is 1. The summed E-state index contributed by atoms with van der Waals surface area (Å²) in [5.74, 6) is -1.73. The topological polar surface area (TPSA) is 79.2 Å². The first-order chi connectivity index (χ1) is 13.7. The van der Waals surface area contributed by atoms with Crippen LogP contribution >= 0.6 is 11.6 Å². The minimum atomic E-state index is -1.26. The van der Waals surface area contributed by atoms with E-state index in [1.165, 1.54) is 0 Å². The highest BCUT2D eigenvalue weighted by Crippen LogP contribution is 2.32. The van der Waals surface area contributed by atoms with Crippen LogP contribution < -0.4 is 4.74 Å². The van der Waals surface area contributed by atoms with Gasteiger partial charge < -0.3 is 19.7 Å². The SMILES string of the molecule is CC(Cc1ccc(OCC(=O)O)cc1)N1CC(c2cccc(Cl)c2)OC(C)(O)C1. The van der Waals surface area contributed by atoms with Crippen molar-refractivity contribution in [3.63, 3.8) is 0 Å². The number of hydrogen-bond donors (Lipinski definition) is 2. The summed E-state index contributed by atoms with van der Waals surface area (Å²) in [4.78, 5) is 12.8. The Bertz CT molecular complexity index is 839. The molecule has 6 nitrogen and oxygen atoms in total. The summed E-state index contributed by atoms with van der Waals surface area (Å²) in [5.41, 5.74) is 2.04. The molecule has 3 atom stereocenters. The van der Waals surface area contributed by atoms with Gasteiger partial charge in [0.25, 0.3) is 0 Å². The molecule has 3 rings (SSSR count). The van der Waals surface area contributed by atoms with Gasteiger partial charge in [0.15, 0.2) is 12.4 Å². The number of hydrogen-bond acceptors (Lipinski definition) is 5. The Kier molecular flexibility index (Phi) is 6.80. The lowest BCUT2D eigenvalue weighted by molar-refractivity contribution is -0.263. The molecule has 0 bridgehead atoms. The van der Waals surface area contributed by atoms with Crippen LogP contribution in [0.5, 0.6) is 5.75 Å². The fourth-order valence-corrected chi connectivity index (χ4v) is 3.79. The molecule has 0 saturated carbocycles. The van der Waals surface area contributed by atoms with Gasteiger partial charge in [-0.25, -0.2) is 4.79 Å². The van der Waals surface area contributed by atoms with Crippen molar-refractivity contribution in [2.24, 2.45) is 0 Å². The minimum absolute atomic E-state index is 0.165. The van der Waals surface area contributed by atoms with Gasteiger partial charge in [-0.2, -0.15) is 0 Å². The molecule has 0 radical (unpaired) electrons. The average Bonchev–Trinajstić information content (AvgIpc) is 2.66. The lowest BCUT2D eigenvalue weighted by Gasteiger charge is -2.44. The van der Waals surface area contributed by atoms with Crippen LogP contribution in [0.3, 0.4) is 0 Å². The van der Waals surface area contributed by atoms with E-state index in [0.29, 0.717) is 23.9 Å². The van der Waals surface area contributed by atoms with Crippen LogP contribution in [0.1, 0.15) is 31.1 Å². The zero-order chi connectivity index (χ0) is 21.0. The molecule has 0 amide bonds. The van der Waals surface area contributed by atoms with E-state index in [-0.39, 0.29) is 18.8 Å². The van der Waals surface area contributed by atoms with Crippen molar-refractivity contribution in [3.05, 3.63) is 64.7 Å². The zero-order valence-corrected chi connectivity index (χ0v) is 17.3. The maximum atomic E-state index is 10.6. The normalized spacial score (nSPS) is 23.5. The molecule has 29 heavy (non-hydrogen) atoms. The van der Waals surface area contributed by atoms with Gasteiger partial charge in [-0.15, -0.1) is 0 Å². The van der Waals surface area contributed by atoms with E-state index in [1.54, 1.807) is 19.1 Å². The van der Waals surface area contributed by atoms with Gasteiger partial charge in [0.2, 0.25) is 0 Å². The quantitative estimate of drug-likeness (QED) is 0.714. The summed E-state index contributed by atoms with van der Waals surface area (Å²) in [6, 6.07) is 15.1. The van der Waals surface area contributed by atoms with Gasteiger partial charge in [-0.1, -0.05) is 35.9 Å². The van der Waals surface area contributed by atoms with Crippen molar-refractivity contribution >= 4 is 17.6 Å². The van der Waals surface area contributed by atoms with Gasteiger partial charge in [0, 0.05) is 17.6 Å². The number of benzene rings is 2. The van der Waals surface area contributed by atoms with Crippen molar-refractivity contribution < 1.29 is 24.5 Å². The lowest BCUT2D eigenvalue weighted by Crippen LogP contribution is -2.54. The number of halogens is 1. The molecule has 2 aromatic carbocycles. The highest BCUT2D eigenvalue weighted by molar-refractivity contribution is 6.30. The second-order valence-corrected chi connectivity index (χ2v) is 8.08. The van der Waals surface area contributed by atoms with Crippen LogP contribution in [0.25, 0.3) is 0 Å². The third-order valence-electron chi connectivity index (χ3n) is 4.95. The van der Waals surface area contributed by atoms with Gasteiger partial charge in [0.1, 0.15) is 5.75 Å². The predicted octanol–water partition coefficient (Wildman–Crippen LogP) is 3.52. The summed E-state index contributed by atoms with van der Waals surface area (Å²) in [6.07, 6.45) is 0.504. The number of rotatable bonds is 7. The molecular weight excluding hydrogens is 394 g/mol. The minimum Gasteiger partial charge on any atom is -0.482 e. The predicted molar refractivity (Wildman–Crippen MR) is 110 cm³/mol. The molecule has 7 heteroatoms. The van der Waals surface area contributed by atoms with Crippen LogP contribution in [0.4, 0.5) is 0 Å². The molecule has 2 aromatic rings. The highest BCUT2D eigenvalue weighted by Gasteiger charge is 2.37. The van der Waals surface area contributed by atoms with Crippen molar-refractivity contribution in [1.82, 2.24) is 4.90 Å². The number of ether oxygens (including phenoxy) is 2. The lowest BCUT2D eigenvalue weighted by atomic mass is 10.0. The van der Waals surface area contributed by atoms with Gasteiger partial charge >= 0.3 is 5.97 Å². The molecule has 1 aliphatic heterocycles. The third kappa shape index (κ3) is 6.18. The number of carboxylic acid groups (broad SMARTS) is 1. The molecule has 3 unspecified atom stereocenters. The van der Waals surface area contributed by atoms with E-state index in [9.17, 15) is 9.90 Å². The second-order valence-electron chi connectivity index (χ2n) is 7.65. The van der Waals surface area contributed by atoms with Crippen molar-refractivity contribution in [3.8, 4) is 5.75 Å². The largest absolute Gasteiger partial charge is 0.482 e. The van der Waals surface area contributed by atoms with E-state index in [1.807, 2.05) is 36.4 Å². The Labute approximate surface area is 175 Å². The summed E-state index contributed by atoms with van der Waals surface area (Å²) in [6.45, 7) is 4.50. The van der Waals surface area contributed by atoms with Crippen LogP contribution in [0.2, 0.25) is 5.02 Å². The van der Waals surface area contributed by atoms with E-state index >= 15 is 0 Å². The first-order valence-electron chi connectivity index (χ1n) is 9.55. The number of aliphatic carboxylic acids is 1. The van der Waals surface area contributed by atoms with Crippen LogP contribution in [-0.2, 0) is 16.0 Å². The fourth-order valence-electron chi connectivity index (χ4n) is 3.59. The van der Waals surface area contributed by atoms with Crippen LogP contribution in [0.15, 0.2) is 48.5 Å². The van der Waals surface area contributed by atoms with E-state index < -0.39 is 11.8 Å². The smallest absolute Gasteiger partial charge is 0.341 e. The van der Waals surface area contributed by atoms with Crippen molar-refractivity contribution in [2.45, 2.75) is 38.2 Å². The Balaban J connectivity index is 1.66. The van der Waals surface area contributed by atoms with E-state index in [4.69, 9.17) is 26.2 Å². The highest BCUT2D eigenvalue weighted by atomic mass is 35.5. The Morgan fingerprint density at radius 3 is 2.72 bits per heavy atom. The fraction of sp³-hybridized carbons (Fsp3) is 0.409. The monoisotopic (exact) mass is 419 g/mol. The first-order valence-corrected chi connectivity index (χ1v) is 9.93. The Morgan fingerprint density at radius 1 is 1.34 bits per heavy atom. The summed E-state index contributed by atoms with van der Waals surface area (Å²) < 4.78 is 11.1. The number of carbonyl (C=O) groups is 1. The Morgan fingerprint density at radius 2 is 2.07 bits per heavy atom. The maximum Gasteiger partial charge on any atom is 0.341 e. The third-order valence-corrected chi connectivity index (χ3v) is 5.19. The molecule has 1 saturated heterocycles. The molecule has 156 valence electrons. The zero-order valence-electron chi connectivity index (χ0n) is 16.5.